The molecule has 0 radical (unpaired) electrons. The molecule has 1 aromatic carbocycles. The van der Waals surface area contributed by atoms with E-state index >= 15 is 0 Å². The Morgan fingerprint density at radius 1 is 1.33 bits per heavy atom. The normalized spacial score (nSPS) is 12.3. The number of anilines is 1. The summed E-state index contributed by atoms with van der Waals surface area (Å²) < 4.78 is 0. The Kier molecular flexibility index (Phi) is 5.48. The molecule has 0 fully saturated rings. The third-order valence-electron chi connectivity index (χ3n) is 3.04. The molecule has 1 amide bonds. The van der Waals surface area contributed by atoms with E-state index in [0.717, 1.165) is 11.3 Å². The third kappa shape index (κ3) is 4.22. The molecule has 0 bridgehead atoms. The third-order valence-corrected chi connectivity index (χ3v) is 3.35. The van der Waals surface area contributed by atoms with E-state index in [0.29, 0.717) is 10.9 Å². The van der Waals surface area contributed by atoms with Crippen molar-refractivity contribution in [3.63, 3.8) is 0 Å². The standard InChI is InChI=1S/C14H21ClN2O/c1-9(2)11(4)17-13(18)8-16-14-10(3)6-5-7-12(14)15/h5-7,9,11,16H,8H2,1-4H3,(H,17,18). The van der Waals surface area contributed by atoms with Crippen LogP contribution in [0.3, 0.4) is 0 Å². The summed E-state index contributed by atoms with van der Waals surface area (Å²) in [4.78, 5) is 11.7. The first kappa shape index (κ1) is 14.8. The Hall–Kier alpha value is -1.22. The highest BCUT2D eigenvalue weighted by Gasteiger charge is 2.11. The van der Waals surface area contributed by atoms with Gasteiger partial charge in [0.05, 0.1) is 17.3 Å². The lowest BCUT2D eigenvalue weighted by molar-refractivity contribution is -0.120. The van der Waals surface area contributed by atoms with Gasteiger partial charge in [-0.3, -0.25) is 4.79 Å². The van der Waals surface area contributed by atoms with E-state index in [1.165, 1.54) is 0 Å². The lowest BCUT2D eigenvalue weighted by Gasteiger charge is -2.18. The van der Waals surface area contributed by atoms with Gasteiger partial charge in [-0.05, 0) is 31.4 Å². The first-order chi connectivity index (χ1) is 8.41. The minimum Gasteiger partial charge on any atom is -0.375 e. The van der Waals surface area contributed by atoms with Crippen molar-refractivity contribution < 1.29 is 4.79 Å². The Bertz CT molecular complexity index is 398. The van der Waals surface area contributed by atoms with Crippen LogP contribution in [0.25, 0.3) is 0 Å². The molecule has 2 N–H and O–H groups in total. The van der Waals surface area contributed by atoms with Crippen LogP contribution >= 0.6 is 11.6 Å². The van der Waals surface area contributed by atoms with Gasteiger partial charge in [0.1, 0.15) is 0 Å². The number of hydrogen-bond donors (Lipinski definition) is 2. The quantitative estimate of drug-likeness (QED) is 0.861. The molecule has 0 aromatic heterocycles. The molecule has 1 rings (SSSR count). The fourth-order valence-electron chi connectivity index (χ4n) is 1.50. The number of aryl methyl sites for hydroxylation is 1. The van der Waals surface area contributed by atoms with Crippen LogP contribution in [0.5, 0.6) is 0 Å². The molecule has 1 atom stereocenters. The zero-order valence-corrected chi connectivity index (χ0v) is 12.1. The zero-order chi connectivity index (χ0) is 13.7. The van der Waals surface area contributed by atoms with Crippen molar-refractivity contribution in [2.75, 3.05) is 11.9 Å². The molecule has 100 valence electrons. The highest BCUT2D eigenvalue weighted by Crippen LogP contribution is 2.24. The number of rotatable bonds is 5. The highest BCUT2D eigenvalue weighted by molar-refractivity contribution is 6.33. The molecule has 4 heteroatoms. The molecule has 0 aliphatic carbocycles. The van der Waals surface area contributed by atoms with Gasteiger partial charge in [-0.15, -0.1) is 0 Å². The number of carbonyl (C=O) groups excluding carboxylic acids is 1. The average Bonchev–Trinajstić information content (AvgIpc) is 2.28. The number of carbonyl (C=O) groups is 1. The minimum absolute atomic E-state index is 0.0180. The summed E-state index contributed by atoms with van der Waals surface area (Å²) in [6.45, 7) is 8.36. The molecular formula is C14H21ClN2O. The highest BCUT2D eigenvalue weighted by atomic mass is 35.5. The summed E-state index contributed by atoms with van der Waals surface area (Å²) >= 11 is 6.07. The van der Waals surface area contributed by atoms with Gasteiger partial charge in [-0.1, -0.05) is 37.6 Å². The van der Waals surface area contributed by atoms with Crippen LogP contribution in [-0.2, 0) is 4.79 Å². The molecule has 0 saturated heterocycles. The number of hydrogen-bond acceptors (Lipinski definition) is 2. The van der Waals surface area contributed by atoms with Crippen molar-refractivity contribution in [3.05, 3.63) is 28.8 Å². The fourth-order valence-corrected chi connectivity index (χ4v) is 1.78. The van der Waals surface area contributed by atoms with Gasteiger partial charge in [-0.2, -0.15) is 0 Å². The Labute approximate surface area is 114 Å². The second kappa shape index (κ2) is 6.64. The molecule has 0 saturated carbocycles. The summed E-state index contributed by atoms with van der Waals surface area (Å²) in [5.74, 6) is 0.409. The Balaban J connectivity index is 2.53. The van der Waals surface area contributed by atoms with Crippen LogP contribution in [0, 0.1) is 12.8 Å². The number of para-hydroxylation sites is 1. The van der Waals surface area contributed by atoms with Crippen molar-refractivity contribution in [2.24, 2.45) is 5.92 Å². The maximum absolute atomic E-state index is 11.7. The monoisotopic (exact) mass is 268 g/mol. The lowest BCUT2D eigenvalue weighted by Crippen LogP contribution is -2.39. The van der Waals surface area contributed by atoms with E-state index in [2.05, 4.69) is 24.5 Å². The summed E-state index contributed by atoms with van der Waals surface area (Å²) in [7, 11) is 0. The van der Waals surface area contributed by atoms with Crippen molar-refractivity contribution in [1.29, 1.82) is 0 Å². The van der Waals surface area contributed by atoms with Gasteiger partial charge < -0.3 is 10.6 Å². The second-order valence-electron chi connectivity index (χ2n) is 4.89. The van der Waals surface area contributed by atoms with Gasteiger partial charge in [0.15, 0.2) is 0 Å². The first-order valence-electron chi connectivity index (χ1n) is 6.20. The Morgan fingerprint density at radius 3 is 2.56 bits per heavy atom. The molecule has 1 aromatic rings. The van der Waals surface area contributed by atoms with Gasteiger partial charge >= 0.3 is 0 Å². The van der Waals surface area contributed by atoms with Crippen LogP contribution in [0.4, 0.5) is 5.69 Å². The molecule has 0 aliphatic rings. The Morgan fingerprint density at radius 2 is 2.00 bits per heavy atom. The SMILES string of the molecule is Cc1cccc(Cl)c1NCC(=O)NC(C)C(C)C. The summed E-state index contributed by atoms with van der Waals surface area (Å²) in [6, 6.07) is 5.84. The zero-order valence-electron chi connectivity index (χ0n) is 11.4. The first-order valence-corrected chi connectivity index (χ1v) is 6.58. The molecular weight excluding hydrogens is 248 g/mol. The van der Waals surface area contributed by atoms with Crippen LogP contribution in [0.2, 0.25) is 5.02 Å². The number of nitrogens with one attached hydrogen (secondary N) is 2. The topological polar surface area (TPSA) is 41.1 Å². The number of benzene rings is 1. The van der Waals surface area contributed by atoms with E-state index < -0.39 is 0 Å². The smallest absolute Gasteiger partial charge is 0.239 e. The van der Waals surface area contributed by atoms with Crippen LogP contribution < -0.4 is 10.6 Å². The molecule has 0 aliphatic heterocycles. The molecule has 0 heterocycles. The minimum atomic E-state index is -0.0180. The van der Waals surface area contributed by atoms with Crippen molar-refractivity contribution in [1.82, 2.24) is 5.32 Å². The average molecular weight is 269 g/mol. The predicted octanol–water partition coefficient (Wildman–Crippen LogP) is 3.22. The second-order valence-corrected chi connectivity index (χ2v) is 5.29. The maximum atomic E-state index is 11.7. The molecule has 0 spiro atoms. The van der Waals surface area contributed by atoms with E-state index in [9.17, 15) is 4.79 Å². The summed E-state index contributed by atoms with van der Waals surface area (Å²) in [6.07, 6.45) is 0. The largest absolute Gasteiger partial charge is 0.375 e. The van der Waals surface area contributed by atoms with Gasteiger partial charge in [-0.25, -0.2) is 0 Å². The number of halogens is 1. The van der Waals surface area contributed by atoms with E-state index in [-0.39, 0.29) is 18.5 Å². The van der Waals surface area contributed by atoms with E-state index in [4.69, 9.17) is 11.6 Å². The van der Waals surface area contributed by atoms with Gasteiger partial charge in [0.2, 0.25) is 5.91 Å². The van der Waals surface area contributed by atoms with E-state index in [1.807, 2.05) is 32.0 Å². The van der Waals surface area contributed by atoms with E-state index in [1.54, 1.807) is 0 Å². The number of amides is 1. The molecule has 18 heavy (non-hydrogen) atoms. The fraction of sp³-hybridized carbons (Fsp3) is 0.500. The molecule has 3 nitrogen and oxygen atoms in total. The van der Waals surface area contributed by atoms with Gasteiger partial charge in [0, 0.05) is 6.04 Å². The molecule has 1 unspecified atom stereocenters. The van der Waals surface area contributed by atoms with Crippen molar-refractivity contribution in [3.8, 4) is 0 Å². The summed E-state index contributed by atoms with van der Waals surface area (Å²) in [5, 5.41) is 6.66. The van der Waals surface area contributed by atoms with Gasteiger partial charge in [0.25, 0.3) is 0 Å². The summed E-state index contributed by atoms with van der Waals surface area (Å²) in [5.41, 5.74) is 1.86. The maximum Gasteiger partial charge on any atom is 0.239 e. The van der Waals surface area contributed by atoms with Crippen LogP contribution in [0.15, 0.2) is 18.2 Å². The van der Waals surface area contributed by atoms with Crippen molar-refractivity contribution in [2.45, 2.75) is 33.7 Å². The van der Waals surface area contributed by atoms with Crippen molar-refractivity contribution >= 4 is 23.2 Å². The van der Waals surface area contributed by atoms with Crippen LogP contribution in [-0.4, -0.2) is 18.5 Å². The predicted molar refractivity (Wildman–Crippen MR) is 77.1 cm³/mol. The lowest BCUT2D eigenvalue weighted by atomic mass is 10.1. The van der Waals surface area contributed by atoms with Crippen LogP contribution in [0.1, 0.15) is 26.3 Å².